The van der Waals surface area contributed by atoms with Crippen molar-refractivity contribution in [2.45, 2.75) is 264 Å². The number of esters is 3. The molecular formula is C66H108O6. The van der Waals surface area contributed by atoms with Gasteiger partial charge in [0.15, 0.2) is 6.10 Å². The van der Waals surface area contributed by atoms with Gasteiger partial charge >= 0.3 is 17.9 Å². The van der Waals surface area contributed by atoms with Crippen molar-refractivity contribution in [3.05, 3.63) is 122 Å². The van der Waals surface area contributed by atoms with Crippen molar-refractivity contribution < 1.29 is 28.6 Å². The van der Waals surface area contributed by atoms with Gasteiger partial charge in [-0.15, -0.1) is 0 Å². The molecule has 408 valence electrons. The highest BCUT2D eigenvalue weighted by molar-refractivity contribution is 5.71. The number of ether oxygens (including phenoxy) is 3. The summed E-state index contributed by atoms with van der Waals surface area (Å²) in [7, 11) is 0. The average Bonchev–Trinajstić information content (AvgIpc) is 3.38. The minimum Gasteiger partial charge on any atom is -0.462 e. The molecule has 1 atom stereocenters. The zero-order valence-electron chi connectivity index (χ0n) is 46.7. The maximum Gasteiger partial charge on any atom is 0.306 e. The lowest BCUT2D eigenvalue weighted by atomic mass is 10.1. The third-order valence-corrected chi connectivity index (χ3v) is 12.2. The van der Waals surface area contributed by atoms with E-state index in [1.54, 1.807) is 0 Å². The van der Waals surface area contributed by atoms with Gasteiger partial charge in [0.25, 0.3) is 0 Å². The van der Waals surface area contributed by atoms with E-state index in [9.17, 15) is 14.4 Å². The van der Waals surface area contributed by atoms with Crippen LogP contribution < -0.4 is 0 Å². The molecule has 6 heteroatoms. The molecule has 0 aromatic rings. The molecule has 0 amide bonds. The van der Waals surface area contributed by atoms with Crippen LogP contribution in [0.3, 0.4) is 0 Å². The summed E-state index contributed by atoms with van der Waals surface area (Å²) in [6.07, 6.45) is 81.8. The fourth-order valence-electron chi connectivity index (χ4n) is 7.74. The predicted molar refractivity (Wildman–Crippen MR) is 311 cm³/mol. The summed E-state index contributed by atoms with van der Waals surface area (Å²) in [5.41, 5.74) is 0. The molecule has 0 heterocycles. The molecule has 0 spiro atoms. The summed E-state index contributed by atoms with van der Waals surface area (Å²) >= 11 is 0. The van der Waals surface area contributed by atoms with Gasteiger partial charge in [0.2, 0.25) is 0 Å². The van der Waals surface area contributed by atoms with Gasteiger partial charge in [-0.1, -0.05) is 226 Å². The van der Waals surface area contributed by atoms with Gasteiger partial charge < -0.3 is 14.2 Å². The van der Waals surface area contributed by atoms with E-state index in [2.05, 4.69) is 142 Å². The summed E-state index contributed by atoms with van der Waals surface area (Å²) in [4.78, 5) is 38.2. The molecule has 6 nitrogen and oxygen atoms in total. The molecule has 0 N–H and O–H groups in total. The Balaban J connectivity index is 4.51. The van der Waals surface area contributed by atoms with E-state index in [1.165, 1.54) is 83.5 Å². The highest BCUT2D eigenvalue weighted by atomic mass is 16.6. The fourth-order valence-corrected chi connectivity index (χ4v) is 7.74. The fraction of sp³-hybridized carbons (Fsp3) is 0.652. The second-order valence-electron chi connectivity index (χ2n) is 19.2. The predicted octanol–water partition coefficient (Wildman–Crippen LogP) is 20.0. The Kier molecular flexibility index (Phi) is 55.9. The average molecular weight is 998 g/mol. The lowest BCUT2D eigenvalue weighted by Crippen LogP contribution is -2.30. The first-order chi connectivity index (χ1) is 35.5. The number of carbonyl (C=O) groups is 3. The van der Waals surface area contributed by atoms with Crippen LogP contribution >= 0.6 is 0 Å². The van der Waals surface area contributed by atoms with Crippen LogP contribution in [0.15, 0.2) is 122 Å². The Bertz CT molecular complexity index is 1520. The Morgan fingerprint density at radius 2 is 0.542 bits per heavy atom. The first-order valence-electron chi connectivity index (χ1n) is 29.5. The molecular weight excluding hydrogens is 889 g/mol. The molecule has 0 saturated heterocycles. The van der Waals surface area contributed by atoms with Crippen molar-refractivity contribution >= 4 is 17.9 Å². The first-order valence-corrected chi connectivity index (χ1v) is 29.5. The van der Waals surface area contributed by atoms with Crippen LogP contribution in [-0.2, 0) is 28.6 Å². The molecule has 0 rings (SSSR count). The number of unbranched alkanes of at least 4 members (excludes halogenated alkanes) is 21. The lowest BCUT2D eigenvalue weighted by molar-refractivity contribution is -0.167. The quantitative estimate of drug-likeness (QED) is 0.0261. The van der Waals surface area contributed by atoms with Gasteiger partial charge in [-0.2, -0.15) is 0 Å². The first kappa shape index (κ1) is 67.8. The largest absolute Gasteiger partial charge is 0.462 e. The maximum absolute atomic E-state index is 12.9. The highest BCUT2D eigenvalue weighted by Gasteiger charge is 2.19. The van der Waals surface area contributed by atoms with E-state index in [0.29, 0.717) is 25.7 Å². The van der Waals surface area contributed by atoms with Gasteiger partial charge in [0, 0.05) is 19.3 Å². The molecule has 0 radical (unpaired) electrons. The number of carbonyl (C=O) groups excluding carboxylic acids is 3. The molecule has 72 heavy (non-hydrogen) atoms. The van der Waals surface area contributed by atoms with Gasteiger partial charge in [-0.05, 0) is 135 Å². The second-order valence-corrected chi connectivity index (χ2v) is 19.2. The van der Waals surface area contributed by atoms with Gasteiger partial charge in [0.1, 0.15) is 13.2 Å². The van der Waals surface area contributed by atoms with Crippen LogP contribution in [0, 0.1) is 0 Å². The number of hydrogen-bond acceptors (Lipinski definition) is 6. The van der Waals surface area contributed by atoms with Crippen molar-refractivity contribution in [3.63, 3.8) is 0 Å². The van der Waals surface area contributed by atoms with Gasteiger partial charge in [-0.25, -0.2) is 0 Å². The summed E-state index contributed by atoms with van der Waals surface area (Å²) < 4.78 is 16.8. The number of hydrogen-bond donors (Lipinski definition) is 0. The standard InChI is InChI=1S/C66H108O6/c1-4-7-10-13-16-19-22-25-28-30-32-33-35-36-38-41-44-47-50-53-56-59-65(68)71-62-63(61-70-64(67)58-55-52-49-46-43-40-27-24-21-18-15-12-9-6-3)72-66(69)60-57-54-51-48-45-42-39-37-34-31-29-26-23-20-17-14-11-8-5-2/h7,10,16-17,19-20,24-29,32-34,36-38,44,47,63H,4-6,8-9,11-15,18,21-23,30-31,35,39-43,45-46,48-62H2,1-3H3/b10-7-,19-16-,20-17-,27-24-,28-25-,29-26-,33-32-,37-34-,38-36-,47-44-. The zero-order chi connectivity index (χ0) is 52.2. The van der Waals surface area contributed by atoms with E-state index in [-0.39, 0.29) is 31.1 Å². The molecule has 0 aliphatic rings. The Morgan fingerprint density at radius 1 is 0.292 bits per heavy atom. The van der Waals surface area contributed by atoms with Crippen LogP contribution in [0.1, 0.15) is 258 Å². The van der Waals surface area contributed by atoms with Crippen molar-refractivity contribution in [1.82, 2.24) is 0 Å². The molecule has 0 saturated carbocycles. The monoisotopic (exact) mass is 997 g/mol. The Hall–Kier alpha value is -4.19. The SMILES string of the molecule is CC/C=C\C/C=C\C/C=C\C/C=C\C/C=C\C/C=C\CCCCC(=O)OCC(COC(=O)CCCCCCC/C=C\CCCCCCC)OC(=O)CCCCCCCC/C=C\C/C=C\C/C=C\CCCCC. The molecule has 0 aliphatic heterocycles. The highest BCUT2D eigenvalue weighted by Crippen LogP contribution is 2.13. The van der Waals surface area contributed by atoms with Gasteiger partial charge in [0.05, 0.1) is 0 Å². The van der Waals surface area contributed by atoms with Crippen LogP contribution in [0.25, 0.3) is 0 Å². The number of rotatable bonds is 52. The zero-order valence-corrected chi connectivity index (χ0v) is 46.7. The Morgan fingerprint density at radius 3 is 0.917 bits per heavy atom. The van der Waals surface area contributed by atoms with Crippen LogP contribution in [0.2, 0.25) is 0 Å². The van der Waals surface area contributed by atoms with Crippen molar-refractivity contribution in [2.75, 3.05) is 13.2 Å². The third-order valence-electron chi connectivity index (χ3n) is 12.2. The van der Waals surface area contributed by atoms with E-state index in [1.807, 2.05) is 0 Å². The Labute approximate surface area is 443 Å². The van der Waals surface area contributed by atoms with E-state index < -0.39 is 6.10 Å². The van der Waals surface area contributed by atoms with E-state index in [0.717, 1.165) is 128 Å². The maximum atomic E-state index is 12.9. The van der Waals surface area contributed by atoms with Crippen LogP contribution in [0.4, 0.5) is 0 Å². The number of allylic oxidation sites excluding steroid dienone is 20. The summed E-state index contributed by atoms with van der Waals surface area (Å²) in [6.45, 7) is 6.43. The molecule has 0 fully saturated rings. The topological polar surface area (TPSA) is 78.9 Å². The third kappa shape index (κ3) is 56.7. The van der Waals surface area contributed by atoms with Crippen molar-refractivity contribution in [2.24, 2.45) is 0 Å². The normalized spacial score (nSPS) is 13.0. The van der Waals surface area contributed by atoms with E-state index in [4.69, 9.17) is 14.2 Å². The second kappa shape index (κ2) is 59.4. The summed E-state index contributed by atoms with van der Waals surface area (Å²) in [5.74, 6) is -0.971. The molecule has 0 aliphatic carbocycles. The smallest absolute Gasteiger partial charge is 0.306 e. The summed E-state index contributed by atoms with van der Waals surface area (Å²) in [6, 6.07) is 0. The van der Waals surface area contributed by atoms with Crippen LogP contribution in [0.5, 0.6) is 0 Å². The molecule has 0 aromatic heterocycles. The molecule has 0 aromatic carbocycles. The molecule has 0 bridgehead atoms. The lowest BCUT2D eigenvalue weighted by Gasteiger charge is -2.18. The minimum atomic E-state index is -0.811. The van der Waals surface area contributed by atoms with Crippen molar-refractivity contribution in [1.29, 1.82) is 0 Å². The minimum absolute atomic E-state index is 0.104. The van der Waals surface area contributed by atoms with E-state index >= 15 is 0 Å². The van der Waals surface area contributed by atoms with Crippen molar-refractivity contribution in [3.8, 4) is 0 Å². The van der Waals surface area contributed by atoms with Crippen LogP contribution in [-0.4, -0.2) is 37.2 Å². The molecule has 1 unspecified atom stereocenters. The summed E-state index contributed by atoms with van der Waals surface area (Å²) in [5, 5.41) is 0. The van der Waals surface area contributed by atoms with Gasteiger partial charge in [-0.3, -0.25) is 14.4 Å².